The molecular formula is C24H19ClFN3O3S. The third-order valence-electron chi connectivity index (χ3n) is 5.71. The number of fused-ring (bicyclic) bond motifs is 1. The van der Waals surface area contributed by atoms with Crippen molar-refractivity contribution in [2.75, 3.05) is 11.5 Å². The molecule has 1 N–H and O–H groups in total. The van der Waals surface area contributed by atoms with Crippen LogP contribution in [0.3, 0.4) is 0 Å². The van der Waals surface area contributed by atoms with Gasteiger partial charge in [-0.25, -0.2) is 17.5 Å². The molecular weight excluding hydrogens is 465 g/mol. The number of aromatic nitrogens is 2. The molecule has 0 bridgehead atoms. The van der Waals surface area contributed by atoms with Gasteiger partial charge in [-0.15, -0.1) is 0 Å². The van der Waals surface area contributed by atoms with Crippen LogP contribution < -0.4 is 5.32 Å². The van der Waals surface area contributed by atoms with E-state index in [1.807, 2.05) is 18.2 Å². The minimum atomic E-state index is -3.11. The maximum atomic E-state index is 13.5. The second-order valence-electron chi connectivity index (χ2n) is 8.02. The van der Waals surface area contributed by atoms with E-state index in [0.29, 0.717) is 33.9 Å². The molecule has 1 aromatic heterocycles. The van der Waals surface area contributed by atoms with Crippen LogP contribution in [0.25, 0.3) is 27.8 Å². The number of sulfone groups is 1. The minimum Gasteiger partial charge on any atom is -0.348 e. The molecule has 1 atom stereocenters. The second kappa shape index (κ2) is 8.28. The molecule has 0 unspecified atom stereocenters. The van der Waals surface area contributed by atoms with Crippen molar-refractivity contribution in [1.82, 2.24) is 15.1 Å². The highest BCUT2D eigenvalue weighted by Gasteiger charge is 2.29. The van der Waals surface area contributed by atoms with E-state index in [9.17, 15) is 17.6 Å². The topological polar surface area (TPSA) is 81.1 Å². The predicted octanol–water partition coefficient (Wildman–Crippen LogP) is 4.40. The van der Waals surface area contributed by atoms with E-state index in [4.69, 9.17) is 16.7 Å². The van der Waals surface area contributed by atoms with Crippen LogP contribution in [0.1, 0.15) is 16.8 Å². The van der Waals surface area contributed by atoms with E-state index in [1.165, 1.54) is 12.1 Å². The predicted molar refractivity (Wildman–Crippen MR) is 126 cm³/mol. The first-order valence-corrected chi connectivity index (χ1v) is 12.6. The summed E-state index contributed by atoms with van der Waals surface area (Å²) in [6.45, 7) is 0. The van der Waals surface area contributed by atoms with Gasteiger partial charge in [0.25, 0.3) is 5.91 Å². The number of carbonyl (C=O) groups is 1. The Balaban J connectivity index is 1.60. The molecule has 168 valence electrons. The summed E-state index contributed by atoms with van der Waals surface area (Å²) in [4.78, 5) is 12.9. The number of nitrogens with zero attached hydrogens (tertiary/aromatic N) is 2. The molecule has 5 rings (SSSR count). The fraction of sp³-hybridized carbons (Fsp3) is 0.167. The molecule has 33 heavy (non-hydrogen) atoms. The molecule has 1 aliphatic heterocycles. The normalized spacial score (nSPS) is 17.3. The molecule has 2 heterocycles. The Morgan fingerprint density at radius 2 is 1.85 bits per heavy atom. The van der Waals surface area contributed by atoms with E-state index in [0.717, 1.165) is 10.9 Å². The standard InChI is InChI=1S/C24H19ClFN3O3S/c25-21-4-2-1-3-19(21)23-20-10-5-15(24(30)27-17-11-12-33(31,32)14-17)13-22(20)29(28-23)18-8-6-16(26)7-9-18/h1-10,13,17H,11-12,14H2,(H,27,30)/t17-/m0/s1. The zero-order valence-electron chi connectivity index (χ0n) is 17.3. The van der Waals surface area contributed by atoms with Crippen molar-refractivity contribution in [2.45, 2.75) is 12.5 Å². The fourth-order valence-corrected chi connectivity index (χ4v) is 5.96. The summed E-state index contributed by atoms with van der Waals surface area (Å²) in [6.07, 6.45) is 0.403. The van der Waals surface area contributed by atoms with Gasteiger partial charge in [0.2, 0.25) is 0 Å². The number of hydrogen-bond donors (Lipinski definition) is 1. The lowest BCUT2D eigenvalue weighted by atomic mass is 10.1. The molecule has 0 saturated carbocycles. The molecule has 1 saturated heterocycles. The molecule has 0 spiro atoms. The first-order chi connectivity index (χ1) is 15.8. The summed E-state index contributed by atoms with van der Waals surface area (Å²) in [6, 6.07) is 18.0. The quantitative estimate of drug-likeness (QED) is 0.466. The lowest BCUT2D eigenvalue weighted by molar-refractivity contribution is 0.0941. The number of carbonyl (C=O) groups excluding carboxylic acids is 1. The maximum absolute atomic E-state index is 13.5. The number of rotatable bonds is 4. The van der Waals surface area contributed by atoms with Crippen LogP contribution in [0.2, 0.25) is 5.02 Å². The van der Waals surface area contributed by atoms with Crippen molar-refractivity contribution in [3.05, 3.63) is 83.1 Å². The van der Waals surface area contributed by atoms with Crippen LogP contribution in [0.4, 0.5) is 4.39 Å². The highest BCUT2D eigenvalue weighted by Crippen LogP contribution is 2.34. The Morgan fingerprint density at radius 1 is 1.09 bits per heavy atom. The molecule has 9 heteroatoms. The van der Waals surface area contributed by atoms with Crippen LogP contribution in [0, 0.1) is 5.82 Å². The van der Waals surface area contributed by atoms with Gasteiger partial charge in [-0.05, 0) is 55.0 Å². The first-order valence-electron chi connectivity index (χ1n) is 10.4. The maximum Gasteiger partial charge on any atom is 0.251 e. The third-order valence-corrected chi connectivity index (χ3v) is 7.81. The van der Waals surface area contributed by atoms with Crippen LogP contribution in [0.15, 0.2) is 66.7 Å². The average molecular weight is 484 g/mol. The average Bonchev–Trinajstić information content (AvgIpc) is 3.33. The van der Waals surface area contributed by atoms with E-state index >= 15 is 0 Å². The summed E-state index contributed by atoms with van der Waals surface area (Å²) in [5, 5.41) is 8.86. The highest BCUT2D eigenvalue weighted by atomic mass is 35.5. The number of benzene rings is 3. The Kier molecular flexibility index (Phi) is 5.42. The van der Waals surface area contributed by atoms with Gasteiger partial charge in [0, 0.05) is 22.6 Å². The van der Waals surface area contributed by atoms with Crippen molar-refractivity contribution in [3.8, 4) is 16.9 Å². The van der Waals surface area contributed by atoms with E-state index < -0.39 is 15.9 Å². The summed E-state index contributed by atoms with van der Waals surface area (Å²) >= 11 is 6.42. The molecule has 1 aliphatic rings. The largest absolute Gasteiger partial charge is 0.348 e. The van der Waals surface area contributed by atoms with Crippen molar-refractivity contribution >= 4 is 38.2 Å². The zero-order valence-corrected chi connectivity index (χ0v) is 18.9. The highest BCUT2D eigenvalue weighted by molar-refractivity contribution is 7.91. The smallest absolute Gasteiger partial charge is 0.251 e. The summed E-state index contributed by atoms with van der Waals surface area (Å²) in [7, 11) is -3.11. The van der Waals surface area contributed by atoms with E-state index in [1.54, 1.807) is 41.1 Å². The van der Waals surface area contributed by atoms with Crippen molar-refractivity contribution in [1.29, 1.82) is 0 Å². The van der Waals surface area contributed by atoms with Gasteiger partial charge in [-0.2, -0.15) is 5.10 Å². The van der Waals surface area contributed by atoms with Gasteiger partial charge in [-0.1, -0.05) is 29.8 Å². The van der Waals surface area contributed by atoms with Crippen molar-refractivity contribution in [2.24, 2.45) is 0 Å². The van der Waals surface area contributed by atoms with Crippen LogP contribution in [0.5, 0.6) is 0 Å². The Morgan fingerprint density at radius 3 is 2.55 bits per heavy atom. The fourth-order valence-electron chi connectivity index (χ4n) is 4.06. The minimum absolute atomic E-state index is 0.0504. The van der Waals surface area contributed by atoms with Crippen LogP contribution in [-0.4, -0.2) is 41.7 Å². The van der Waals surface area contributed by atoms with E-state index in [2.05, 4.69) is 5.32 Å². The summed E-state index contributed by atoms with van der Waals surface area (Å²) < 4.78 is 38.6. The van der Waals surface area contributed by atoms with Crippen molar-refractivity contribution in [3.63, 3.8) is 0 Å². The van der Waals surface area contributed by atoms with Gasteiger partial charge >= 0.3 is 0 Å². The molecule has 6 nitrogen and oxygen atoms in total. The zero-order chi connectivity index (χ0) is 23.2. The van der Waals surface area contributed by atoms with Crippen LogP contribution in [-0.2, 0) is 9.84 Å². The molecule has 0 radical (unpaired) electrons. The Bertz CT molecular complexity index is 1480. The van der Waals surface area contributed by atoms with Gasteiger partial charge in [0.15, 0.2) is 9.84 Å². The first kappa shape index (κ1) is 21.6. The van der Waals surface area contributed by atoms with Crippen LogP contribution >= 0.6 is 11.6 Å². The summed E-state index contributed by atoms with van der Waals surface area (Å²) in [5.74, 6) is -0.695. The number of halogens is 2. The van der Waals surface area contributed by atoms with Crippen molar-refractivity contribution < 1.29 is 17.6 Å². The number of hydrogen-bond acceptors (Lipinski definition) is 4. The third kappa shape index (κ3) is 4.24. The van der Waals surface area contributed by atoms with Gasteiger partial charge in [-0.3, -0.25) is 4.79 Å². The Labute approximate surface area is 194 Å². The molecule has 1 amide bonds. The lowest BCUT2D eigenvalue weighted by Crippen LogP contribution is -2.35. The molecule has 3 aromatic carbocycles. The monoisotopic (exact) mass is 483 g/mol. The molecule has 0 aliphatic carbocycles. The molecule has 1 fully saturated rings. The summed E-state index contributed by atoms with van der Waals surface area (Å²) in [5.41, 5.74) is 3.01. The molecule has 4 aromatic rings. The SMILES string of the molecule is O=C(N[C@H]1CCS(=O)(=O)C1)c1ccc2c(-c3ccccc3Cl)nn(-c3ccc(F)cc3)c2c1. The number of amides is 1. The number of nitrogens with one attached hydrogen (secondary N) is 1. The van der Waals surface area contributed by atoms with Gasteiger partial charge in [0.1, 0.15) is 11.5 Å². The van der Waals surface area contributed by atoms with Gasteiger partial charge < -0.3 is 5.32 Å². The Hall–Kier alpha value is -3.23. The van der Waals surface area contributed by atoms with Gasteiger partial charge in [0.05, 0.1) is 27.7 Å². The second-order valence-corrected chi connectivity index (χ2v) is 10.7. The lowest BCUT2D eigenvalue weighted by Gasteiger charge is -2.11. The van der Waals surface area contributed by atoms with E-state index in [-0.39, 0.29) is 23.2 Å².